The summed E-state index contributed by atoms with van der Waals surface area (Å²) < 4.78 is 22.8. The zero-order chi connectivity index (χ0) is 17.8. The van der Waals surface area contributed by atoms with Crippen molar-refractivity contribution in [1.82, 2.24) is 0 Å². The molecule has 0 aliphatic heterocycles. The van der Waals surface area contributed by atoms with Gasteiger partial charge >= 0.3 is 7.60 Å². The lowest BCUT2D eigenvalue weighted by atomic mass is 9.95. The van der Waals surface area contributed by atoms with Crippen LogP contribution in [0.5, 0.6) is 0 Å². The molecule has 0 fully saturated rings. The molecule has 0 saturated heterocycles. The third-order valence-corrected chi connectivity index (χ3v) is 6.27. The van der Waals surface area contributed by atoms with Crippen LogP contribution in [0.4, 0.5) is 0 Å². The summed E-state index contributed by atoms with van der Waals surface area (Å²) in [6.45, 7) is 0. The van der Waals surface area contributed by atoms with Crippen molar-refractivity contribution in [3.8, 4) is 0 Å². The summed E-state index contributed by atoms with van der Waals surface area (Å²) in [6, 6.07) is 16.2. The van der Waals surface area contributed by atoms with E-state index in [1.807, 2.05) is 0 Å². The Hall–Kier alpha value is -1.53. The highest BCUT2D eigenvalue weighted by atomic mass is 31.2. The summed E-state index contributed by atoms with van der Waals surface area (Å²) in [5.74, 6) is 0. The van der Waals surface area contributed by atoms with Gasteiger partial charge in [0.05, 0.1) is 0 Å². The molecule has 2 aromatic rings. The molecular weight excluding hydrogens is 331 g/mol. The standard InChI is InChI=1S/C17H21O6P/c1-22-24(21,23-2)17(20,14-11-7-4-8-12-14)16(19)15(18)13-9-5-3-6-10-13/h3-12,15-16,18-20H,1-2H3/t15-,16+,17+/m1/s1. The lowest BCUT2D eigenvalue weighted by molar-refractivity contribution is -0.0991. The third-order valence-electron chi connectivity index (χ3n) is 3.95. The fraction of sp³-hybridized carbons (Fsp3) is 0.294. The molecule has 0 heterocycles. The van der Waals surface area contributed by atoms with Crippen LogP contribution in [-0.4, -0.2) is 35.6 Å². The zero-order valence-electron chi connectivity index (χ0n) is 13.4. The Bertz CT molecular complexity index is 685. The summed E-state index contributed by atoms with van der Waals surface area (Å²) >= 11 is 0. The van der Waals surface area contributed by atoms with Crippen molar-refractivity contribution < 1.29 is 28.9 Å². The molecular formula is C17H21O6P. The molecule has 2 rings (SSSR count). The average Bonchev–Trinajstić information content (AvgIpc) is 2.66. The van der Waals surface area contributed by atoms with Crippen LogP contribution in [0.25, 0.3) is 0 Å². The van der Waals surface area contributed by atoms with Gasteiger partial charge in [0.1, 0.15) is 12.2 Å². The molecule has 0 aliphatic rings. The van der Waals surface area contributed by atoms with E-state index in [1.165, 1.54) is 12.1 Å². The second-order valence-corrected chi connectivity index (χ2v) is 7.66. The Morgan fingerprint density at radius 3 is 1.83 bits per heavy atom. The van der Waals surface area contributed by atoms with E-state index in [9.17, 15) is 19.9 Å². The van der Waals surface area contributed by atoms with Gasteiger partial charge in [-0.05, 0) is 11.1 Å². The predicted molar refractivity (Wildman–Crippen MR) is 89.4 cm³/mol. The van der Waals surface area contributed by atoms with Crippen molar-refractivity contribution in [3.05, 3.63) is 71.8 Å². The molecule has 0 saturated carbocycles. The monoisotopic (exact) mass is 352 g/mol. The normalized spacial score (nSPS) is 17.0. The highest BCUT2D eigenvalue weighted by Gasteiger charge is 2.57. The lowest BCUT2D eigenvalue weighted by Gasteiger charge is -2.39. The molecule has 0 spiro atoms. The number of aliphatic hydroxyl groups is 3. The Labute approximate surface area is 140 Å². The predicted octanol–water partition coefficient (Wildman–Crippen LogP) is 2.41. The van der Waals surface area contributed by atoms with Crippen LogP contribution in [0.1, 0.15) is 17.2 Å². The molecule has 0 aliphatic carbocycles. The van der Waals surface area contributed by atoms with E-state index in [4.69, 9.17) is 9.05 Å². The van der Waals surface area contributed by atoms with Crippen LogP contribution in [0.2, 0.25) is 0 Å². The SMILES string of the molecule is COP(=O)(OC)[C@@](O)(c1ccccc1)[C@@H](O)[C@H](O)c1ccccc1. The maximum atomic E-state index is 13.0. The van der Waals surface area contributed by atoms with Crippen molar-refractivity contribution in [2.24, 2.45) is 0 Å². The van der Waals surface area contributed by atoms with E-state index in [0.717, 1.165) is 14.2 Å². The first-order valence-corrected chi connectivity index (χ1v) is 8.85. The molecule has 0 amide bonds. The van der Waals surface area contributed by atoms with E-state index in [-0.39, 0.29) is 5.56 Å². The quantitative estimate of drug-likeness (QED) is 0.662. The second kappa shape index (κ2) is 7.57. The van der Waals surface area contributed by atoms with Crippen molar-refractivity contribution in [1.29, 1.82) is 0 Å². The number of hydrogen-bond donors (Lipinski definition) is 3. The molecule has 3 N–H and O–H groups in total. The van der Waals surface area contributed by atoms with Crippen LogP contribution < -0.4 is 0 Å². The highest BCUT2D eigenvalue weighted by molar-refractivity contribution is 7.55. The summed E-state index contributed by atoms with van der Waals surface area (Å²) in [4.78, 5) is 0. The molecule has 2 aromatic carbocycles. The number of aliphatic hydroxyl groups excluding tert-OH is 2. The number of benzene rings is 2. The molecule has 7 heteroatoms. The summed E-state index contributed by atoms with van der Waals surface area (Å²) in [6.07, 6.45) is -3.36. The largest absolute Gasteiger partial charge is 0.386 e. The van der Waals surface area contributed by atoms with Crippen LogP contribution in [0.3, 0.4) is 0 Å². The van der Waals surface area contributed by atoms with Gasteiger partial charge in [-0.25, -0.2) is 0 Å². The molecule has 130 valence electrons. The van der Waals surface area contributed by atoms with Gasteiger partial charge in [0.25, 0.3) is 0 Å². The van der Waals surface area contributed by atoms with Gasteiger partial charge in [0, 0.05) is 14.2 Å². The van der Waals surface area contributed by atoms with E-state index < -0.39 is 25.1 Å². The Morgan fingerprint density at radius 1 is 0.917 bits per heavy atom. The first-order valence-electron chi connectivity index (χ1n) is 7.31. The second-order valence-electron chi connectivity index (χ2n) is 5.26. The summed E-state index contributed by atoms with van der Waals surface area (Å²) in [7, 11) is -1.99. The minimum absolute atomic E-state index is 0.111. The van der Waals surface area contributed by atoms with Gasteiger partial charge < -0.3 is 24.4 Å². The average molecular weight is 352 g/mol. The summed E-state index contributed by atoms with van der Waals surface area (Å²) in [5, 5.41) is 29.9. The van der Waals surface area contributed by atoms with Gasteiger partial charge in [-0.1, -0.05) is 60.7 Å². The molecule has 0 aromatic heterocycles. The molecule has 24 heavy (non-hydrogen) atoms. The highest BCUT2D eigenvalue weighted by Crippen LogP contribution is 2.65. The smallest absolute Gasteiger partial charge is 0.368 e. The first-order chi connectivity index (χ1) is 11.4. The van der Waals surface area contributed by atoms with Crippen LogP contribution in [-0.2, 0) is 19.0 Å². The van der Waals surface area contributed by atoms with Gasteiger partial charge in [-0.2, -0.15) is 0 Å². The molecule has 0 unspecified atom stereocenters. The Morgan fingerprint density at radius 2 is 1.38 bits per heavy atom. The molecule has 3 atom stereocenters. The zero-order valence-corrected chi connectivity index (χ0v) is 14.3. The fourth-order valence-corrected chi connectivity index (χ4v) is 4.22. The molecule has 0 bridgehead atoms. The number of rotatable bonds is 7. The lowest BCUT2D eigenvalue weighted by Crippen LogP contribution is -2.44. The van der Waals surface area contributed by atoms with Crippen molar-refractivity contribution in [3.63, 3.8) is 0 Å². The maximum Gasteiger partial charge on any atom is 0.368 e. The van der Waals surface area contributed by atoms with Crippen LogP contribution in [0, 0.1) is 0 Å². The first kappa shape index (κ1) is 18.8. The van der Waals surface area contributed by atoms with Crippen molar-refractivity contribution in [2.75, 3.05) is 14.2 Å². The Balaban J connectivity index is 2.56. The molecule has 0 radical (unpaired) electrons. The van der Waals surface area contributed by atoms with E-state index >= 15 is 0 Å². The minimum Gasteiger partial charge on any atom is -0.386 e. The Kier molecular flexibility index (Phi) is 5.93. The number of hydrogen-bond acceptors (Lipinski definition) is 6. The van der Waals surface area contributed by atoms with Crippen LogP contribution in [0.15, 0.2) is 60.7 Å². The van der Waals surface area contributed by atoms with Gasteiger partial charge in [0.15, 0.2) is 0 Å². The van der Waals surface area contributed by atoms with Gasteiger partial charge in [-0.15, -0.1) is 0 Å². The molecule has 6 nitrogen and oxygen atoms in total. The summed E-state index contributed by atoms with van der Waals surface area (Å²) in [5.41, 5.74) is 0.470. The van der Waals surface area contributed by atoms with Crippen molar-refractivity contribution in [2.45, 2.75) is 17.6 Å². The van der Waals surface area contributed by atoms with Crippen LogP contribution >= 0.6 is 7.60 Å². The fourth-order valence-electron chi connectivity index (χ4n) is 2.58. The topological polar surface area (TPSA) is 96.2 Å². The maximum absolute atomic E-state index is 13.0. The van der Waals surface area contributed by atoms with E-state index in [2.05, 4.69) is 0 Å². The van der Waals surface area contributed by atoms with Crippen molar-refractivity contribution >= 4 is 7.60 Å². The minimum atomic E-state index is -4.21. The third kappa shape index (κ3) is 3.17. The van der Waals surface area contributed by atoms with Gasteiger partial charge in [-0.3, -0.25) is 4.57 Å². The van der Waals surface area contributed by atoms with E-state index in [0.29, 0.717) is 5.56 Å². The van der Waals surface area contributed by atoms with Gasteiger partial charge in [0.2, 0.25) is 5.34 Å². The van der Waals surface area contributed by atoms with E-state index in [1.54, 1.807) is 48.5 Å².